The minimum absolute atomic E-state index is 0.284. The number of halogens is 1. The molecule has 0 atom stereocenters. The van der Waals surface area contributed by atoms with Gasteiger partial charge in [-0.05, 0) is 50.6 Å². The summed E-state index contributed by atoms with van der Waals surface area (Å²) in [5, 5.41) is 1.94. The van der Waals surface area contributed by atoms with E-state index in [1.165, 1.54) is 15.6 Å². The van der Waals surface area contributed by atoms with Crippen molar-refractivity contribution in [3.8, 4) is 0 Å². The van der Waals surface area contributed by atoms with Crippen molar-refractivity contribution >= 4 is 37.3 Å². The number of nitrogens with two attached hydrogens (primary N) is 1. The molecule has 7 heteroatoms. The fourth-order valence-electron chi connectivity index (χ4n) is 1.75. The van der Waals surface area contributed by atoms with Gasteiger partial charge < -0.3 is 5.73 Å². The van der Waals surface area contributed by atoms with Crippen LogP contribution < -0.4 is 5.73 Å². The van der Waals surface area contributed by atoms with Crippen LogP contribution in [0.25, 0.3) is 0 Å². The van der Waals surface area contributed by atoms with Crippen molar-refractivity contribution in [1.82, 2.24) is 4.31 Å². The molecule has 0 saturated carbocycles. The van der Waals surface area contributed by atoms with E-state index in [0.29, 0.717) is 13.1 Å². The fraction of sp³-hybridized carbons (Fsp3) is 0.231. The minimum Gasteiger partial charge on any atom is -0.326 e. The maximum atomic E-state index is 12.4. The number of rotatable bonds is 5. The number of sulfonamides is 1. The van der Waals surface area contributed by atoms with E-state index in [1.54, 1.807) is 31.3 Å². The Morgan fingerprint density at radius 3 is 2.40 bits per heavy atom. The van der Waals surface area contributed by atoms with Gasteiger partial charge in [-0.3, -0.25) is 0 Å². The topological polar surface area (TPSA) is 63.4 Å². The number of thiophene rings is 1. The summed E-state index contributed by atoms with van der Waals surface area (Å²) in [7, 11) is -1.89. The average molecular weight is 375 g/mol. The molecule has 2 N–H and O–H groups in total. The van der Waals surface area contributed by atoms with E-state index in [4.69, 9.17) is 5.73 Å². The Hall–Kier alpha value is -0.730. The van der Waals surface area contributed by atoms with Crippen LogP contribution in [-0.2, 0) is 23.1 Å². The quantitative estimate of drug-likeness (QED) is 0.874. The second-order valence-electron chi connectivity index (χ2n) is 4.37. The zero-order valence-corrected chi connectivity index (χ0v) is 14.1. The van der Waals surface area contributed by atoms with Crippen molar-refractivity contribution < 1.29 is 8.42 Å². The van der Waals surface area contributed by atoms with E-state index in [0.717, 1.165) is 14.9 Å². The van der Waals surface area contributed by atoms with Crippen LogP contribution in [0.1, 0.15) is 11.1 Å². The first-order chi connectivity index (χ1) is 9.43. The summed E-state index contributed by atoms with van der Waals surface area (Å²) >= 11 is 4.91. The lowest BCUT2D eigenvalue weighted by molar-refractivity contribution is 0.467. The standard InChI is InChI=1S/C13H15BrN2O2S2/c1-16(8-11-6-13(14)19-9-11)20(17,18)12-4-2-10(7-15)3-5-12/h2-6,9H,7-8,15H2,1H3. The molecule has 2 aromatic rings. The van der Waals surface area contributed by atoms with Crippen LogP contribution >= 0.6 is 27.3 Å². The van der Waals surface area contributed by atoms with Gasteiger partial charge in [-0.1, -0.05) is 12.1 Å². The van der Waals surface area contributed by atoms with Crippen molar-refractivity contribution in [3.05, 3.63) is 50.6 Å². The molecule has 0 radical (unpaired) electrons. The molecular formula is C13H15BrN2O2S2. The summed E-state index contributed by atoms with van der Waals surface area (Å²) in [4.78, 5) is 0.284. The number of benzene rings is 1. The summed E-state index contributed by atoms with van der Waals surface area (Å²) in [6, 6.07) is 8.59. The Bertz CT molecular complexity index is 681. The molecule has 20 heavy (non-hydrogen) atoms. The molecule has 1 aromatic carbocycles. The smallest absolute Gasteiger partial charge is 0.243 e. The van der Waals surface area contributed by atoms with Crippen LogP contribution in [0.2, 0.25) is 0 Å². The average Bonchev–Trinajstić information content (AvgIpc) is 2.84. The molecule has 0 unspecified atom stereocenters. The highest BCUT2D eigenvalue weighted by Crippen LogP contribution is 2.23. The van der Waals surface area contributed by atoms with Gasteiger partial charge in [0.25, 0.3) is 0 Å². The van der Waals surface area contributed by atoms with Crippen molar-refractivity contribution in [2.45, 2.75) is 18.0 Å². The van der Waals surface area contributed by atoms with Gasteiger partial charge in [0.1, 0.15) is 0 Å². The fourth-order valence-corrected chi connectivity index (χ4v) is 4.11. The third-order valence-corrected chi connectivity index (χ3v) is 6.27. The molecule has 1 heterocycles. The predicted octanol–water partition coefficient (Wildman–Crippen LogP) is 2.79. The molecule has 0 fully saturated rings. The first-order valence-electron chi connectivity index (χ1n) is 5.92. The summed E-state index contributed by atoms with van der Waals surface area (Å²) in [5.74, 6) is 0. The van der Waals surface area contributed by atoms with E-state index in [-0.39, 0.29) is 4.90 Å². The van der Waals surface area contributed by atoms with E-state index >= 15 is 0 Å². The molecule has 0 bridgehead atoms. The van der Waals surface area contributed by atoms with Gasteiger partial charge in [-0.2, -0.15) is 4.31 Å². The molecule has 0 amide bonds. The Morgan fingerprint density at radius 2 is 1.90 bits per heavy atom. The lowest BCUT2D eigenvalue weighted by Gasteiger charge is -2.16. The lowest BCUT2D eigenvalue weighted by Crippen LogP contribution is -2.26. The molecule has 2 rings (SSSR count). The first-order valence-corrected chi connectivity index (χ1v) is 9.03. The summed E-state index contributed by atoms with van der Waals surface area (Å²) in [5.41, 5.74) is 7.38. The van der Waals surface area contributed by atoms with E-state index in [2.05, 4.69) is 15.9 Å². The van der Waals surface area contributed by atoms with Crippen molar-refractivity contribution in [1.29, 1.82) is 0 Å². The lowest BCUT2D eigenvalue weighted by atomic mass is 10.2. The third kappa shape index (κ3) is 3.48. The minimum atomic E-state index is -3.47. The predicted molar refractivity (Wildman–Crippen MR) is 85.0 cm³/mol. The number of hydrogen-bond acceptors (Lipinski definition) is 4. The zero-order chi connectivity index (χ0) is 14.8. The first kappa shape index (κ1) is 15.7. The Labute approximate surface area is 131 Å². The highest BCUT2D eigenvalue weighted by Gasteiger charge is 2.21. The van der Waals surface area contributed by atoms with Crippen molar-refractivity contribution in [2.24, 2.45) is 5.73 Å². The Kier molecular flexibility index (Phi) is 4.98. The van der Waals surface area contributed by atoms with Crippen LogP contribution in [0.4, 0.5) is 0 Å². The van der Waals surface area contributed by atoms with Crippen LogP contribution in [-0.4, -0.2) is 19.8 Å². The second kappa shape index (κ2) is 6.36. The molecule has 0 aliphatic rings. The largest absolute Gasteiger partial charge is 0.326 e. The van der Waals surface area contributed by atoms with Crippen LogP contribution in [0, 0.1) is 0 Å². The van der Waals surface area contributed by atoms with Crippen LogP contribution in [0.3, 0.4) is 0 Å². The molecule has 108 valence electrons. The summed E-state index contributed by atoms with van der Waals surface area (Å²) in [6.45, 7) is 0.752. The molecule has 0 spiro atoms. The van der Waals surface area contributed by atoms with E-state index < -0.39 is 10.0 Å². The highest BCUT2D eigenvalue weighted by molar-refractivity contribution is 9.11. The Balaban J connectivity index is 2.19. The van der Waals surface area contributed by atoms with Crippen molar-refractivity contribution in [3.63, 3.8) is 0 Å². The number of nitrogens with zero attached hydrogens (tertiary/aromatic N) is 1. The van der Waals surface area contributed by atoms with E-state index in [9.17, 15) is 8.42 Å². The van der Waals surface area contributed by atoms with Crippen LogP contribution in [0.5, 0.6) is 0 Å². The molecule has 1 aromatic heterocycles. The molecule has 0 aliphatic heterocycles. The van der Waals surface area contributed by atoms with Gasteiger partial charge in [0, 0.05) is 20.1 Å². The van der Waals surface area contributed by atoms with Gasteiger partial charge in [0.05, 0.1) is 8.68 Å². The highest BCUT2D eigenvalue weighted by atomic mass is 79.9. The summed E-state index contributed by atoms with van der Waals surface area (Å²) in [6.07, 6.45) is 0. The summed E-state index contributed by atoms with van der Waals surface area (Å²) < 4.78 is 27.2. The van der Waals surface area contributed by atoms with E-state index in [1.807, 2.05) is 11.4 Å². The monoisotopic (exact) mass is 374 g/mol. The zero-order valence-electron chi connectivity index (χ0n) is 10.9. The molecular weight excluding hydrogens is 360 g/mol. The third-order valence-electron chi connectivity index (χ3n) is 2.89. The maximum Gasteiger partial charge on any atom is 0.243 e. The van der Waals surface area contributed by atoms with Gasteiger partial charge in [-0.15, -0.1) is 11.3 Å². The van der Waals surface area contributed by atoms with Gasteiger partial charge >= 0.3 is 0 Å². The molecule has 4 nitrogen and oxygen atoms in total. The second-order valence-corrected chi connectivity index (χ2v) is 8.70. The normalized spacial score (nSPS) is 12.0. The van der Waals surface area contributed by atoms with Crippen LogP contribution in [0.15, 0.2) is 44.4 Å². The van der Waals surface area contributed by atoms with Gasteiger partial charge in [0.2, 0.25) is 10.0 Å². The SMILES string of the molecule is CN(Cc1csc(Br)c1)S(=O)(=O)c1ccc(CN)cc1. The molecule has 0 aliphatic carbocycles. The number of hydrogen-bond donors (Lipinski definition) is 1. The molecule has 0 saturated heterocycles. The van der Waals surface area contributed by atoms with Gasteiger partial charge in [-0.25, -0.2) is 8.42 Å². The Morgan fingerprint density at radius 1 is 1.25 bits per heavy atom. The van der Waals surface area contributed by atoms with Crippen molar-refractivity contribution in [2.75, 3.05) is 7.05 Å². The van der Waals surface area contributed by atoms with Gasteiger partial charge in [0.15, 0.2) is 0 Å². The maximum absolute atomic E-state index is 12.4.